The smallest absolute Gasteiger partial charge is 0.131 e. The lowest BCUT2D eigenvalue weighted by Gasteiger charge is -2.12. The highest BCUT2D eigenvalue weighted by atomic mass is 35.5. The number of nitrogens with two attached hydrogens (primary N) is 1. The standard InChI is InChI=1S/C17H13ClFN/c18-12-5-6-13(11(9-12)10-20)15-7-8-17(19)16-4-2-1-3-14(15)16/h1-9H,10,20H2. The Balaban J connectivity index is 2.33. The van der Waals surface area contributed by atoms with Gasteiger partial charge in [0.2, 0.25) is 0 Å². The number of fused-ring (bicyclic) bond motifs is 1. The topological polar surface area (TPSA) is 26.0 Å². The van der Waals surface area contributed by atoms with Crippen LogP contribution in [0.25, 0.3) is 21.9 Å². The summed E-state index contributed by atoms with van der Waals surface area (Å²) >= 11 is 6.01. The van der Waals surface area contributed by atoms with Gasteiger partial charge in [0.05, 0.1) is 0 Å². The van der Waals surface area contributed by atoms with Gasteiger partial charge in [-0.1, -0.05) is 48.0 Å². The Morgan fingerprint density at radius 3 is 2.35 bits per heavy atom. The van der Waals surface area contributed by atoms with Crippen molar-refractivity contribution in [3.63, 3.8) is 0 Å². The van der Waals surface area contributed by atoms with E-state index in [4.69, 9.17) is 17.3 Å². The molecule has 0 heterocycles. The zero-order chi connectivity index (χ0) is 14.1. The summed E-state index contributed by atoms with van der Waals surface area (Å²) in [5.74, 6) is -0.215. The number of benzene rings is 3. The Labute approximate surface area is 121 Å². The maximum Gasteiger partial charge on any atom is 0.131 e. The second-order valence-corrected chi connectivity index (χ2v) is 5.08. The molecular formula is C17H13ClFN. The third-order valence-electron chi connectivity index (χ3n) is 3.45. The molecule has 0 amide bonds. The fraction of sp³-hybridized carbons (Fsp3) is 0.0588. The predicted octanol–water partition coefficient (Wildman–Crippen LogP) is 4.76. The summed E-state index contributed by atoms with van der Waals surface area (Å²) in [7, 11) is 0. The van der Waals surface area contributed by atoms with Crippen LogP contribution in [0.4, 0.5) is 4.39 Å². The first-order chi connectivity index (χ1) is 9.70. The molecule has 3 aromatic rings. The van der Waals surface area contributed by atoms with Gasteiger partial charge in [-0.2, -0.15) is 0 Å². The summed E-state index contributed by atoms with van der Waals surface area (Å²) in [5.41, 5.74) is 8.72. The highest BCUT2D eigenvalue weighted by Crippen LogP contribution is 2.33. The van der Waals surface area contributed by atoms with E-state index < -0.39 is 0 Å². The number of rotatable bonds is 2. The van der Waals surface area contributed by atoms with Crippen LogP contribution in [-0.2, 0) is 6.54 Å². The van der Waals surface area contributed by atoms with Crippen LogP contribution in [0.2, 0.25) is 5.02 Å². The van der Waals surface area contributed by atoms with Crippen molar-refractivity contribution in [1.82, 2.24) is 0 Å². The monoisotopic (exact) mass is 285 g/mol. The molecule has 0 aliphatic carbocycles. The summed E-state index contributed by atoms with van der Waals surface area (Å²) in [4.78, 5) is 0. The lowest BCUT2D eigenvalue weighted by atomic mass is 9.94. The molecule has 0 fully saturated rings. The highest BCUT2D eigenvalue weighted by molar-refractivity contribution is 6.30. The summed E-state index contributed by atoms with van der Waals surface area (Å²) in [6.07, 6.45) is 0. The fourth-order valence-electron chi connectivity index (χ4n) is 2.49. The largest absolute Gasteiger partial charge is 0.326 e. The molecule has 0 saturated heterocycles. The molecule has 3 heteroatoms. The Morgan fingerprint density at radius 2 is 1.60 bits per heavy atom. The van der Waals surface area contributed by atoms with Crippen LogP contribution in [0.5, 0.6) is 0 Å². The molecule has 1 nitrogen and oxygen atoms in total. The molecule has 0 unspecified atom stereocenters. The first-order valence-electron chi connectivity index (χ1n) is 6.37. The molecule has 3 aromatic carbocycles. The SMILES string of the molecule is NCc1cc(Cl)ccc1-c1ccc(F)c2ccccc12. The molecule has 3 rings (SSSR count). The van der Waals surface area contributed by atoms with Crippen LogP contribution in [-0.4, -0.2) is 0 Å². The van der Waals surface area contributed by atoms with Crippen molar-refractivity contribution in [3.05, 3.63) is 71.0 Å². The molecule has 2 N–H and O–H groups in total. The van der Waals surface area contributed by atoms with Gasteiger partial charge in [-0.15, -0.1) is 0 Å². The molecule has 0 atom stereocenters. The second kappa shape index (κ2) is 5.23. The first-order valence-corrected chi connectivity index (χ1v) is 6.74. The van der Waals surface area contributed by atoms with E-state index in [1.54, 1.807) is 12.1 Å². The Hall–Kier alpha value is -1.90. The number of hydrogen-bond acceptors (Lipinski definition) is 1. The molecule has 0 aromatic heterocycles. The van der Waals surface area contributed by atoms with Gasteiger partial charge in [0.1, 0.15) is 5.82 Å². The summed E-state index contributed by atoms with van der Waals surface area (Å²) in [6.45, 7) is 0.390. The summed E-state index contributed by atoms with van der Waals surface area (Å²) in [5, 5.41) is 2.15. The number of halogens is 2. The Morgan fingerprint density at radius 1 is 0.900 bits per heavy atom. The predicted molar refractivity (Wildman–Crippen MR) is 82.2 cm³/mol. The van der Waals surface area contributed by atoms with Crippen molar-refractivity contribution in [2.75, 3.05) is 0 Å². The quantitative estimate of drug-likeness (QED) is 0.722. The average molecular weight is 286 g/mol. The lowest BCUT2D eigenvalue weighted by Crippen LogP contribution is -1.99. The van der Waals surface area contributed by atoms with E-state index in [9.17, 15) is 4.39 Å². The molecule has 0 aliphatic rings. The average Bonchev–Trinajstić information content (AvgIpc) is 2.48. The van der Waals surface area contributed by atoms with Crippen LogP contribution >= 0.6 is 11.6 Å². The van der Waals surface area contributed by atoms with E-state index in [0.29, 0.717) is 17.0 Å². The first kappa shape index (κ1) is 13.1. The van der Waals surface area contributed by atoms with Crippen molar-refractivity contribution in [1.29, 1.82) is 0 Å². The van der Waals surface area contributed by atoms with Crippen LogP contribution in [0.1, 0.15) is 5.56 Å². The molecule has 0 aliphatic heterocycles. The van der Waals surface area contributed by atoms with E-state index in [1.165, 1.54) is 6.07 Å². The van der Waals surface area contributed by atoms with E-state index >= 15 is 0 Å². The third-order valence-corrected chi connectivity index (χ3v) is 3.68. The molecule has 0 saturated carbocycles. The minimum Gasteiger partial charge on any atom is -0.326 e. The van der Waals surface area contributed by atoms with Crippen molar-refractivity contribution >= 4 is 22.4 Å². The van der Waals surface area contributed by atoms with Crippen LogP contribution in [0, 0.1) is 5.82 Å². The Kier molecular flexibility index (Phi) is 3.43. The third kappa shape index (κ3) is 2.17. The van der Waals surface area contributed by atoms with Gasteiger partial charge in [-0.25, -0.2) is 4.39 Å². The lowest BCUT2D eigenvalue weighted by molar-refractivity contribution is 0.640. The van der Waals surface area contributed by atoms with Crippen LogP contribution < -0.4 is 5.73 Å². The molecule has 0 radical (unpaired) electrons. The molecule has 0 bridgehead atoms. The molecule has 100 valence electrons. The van der Waals surface area contributed by atoms with Gasteiger partial charge >= 0.3 is 0 Å². The zero-order valence-electron chi connectivity index (χ0n) is 10.7. The van der Waals surface area contributed by atoms with Gasteiger partial charge in [-0.3, -0.25) is 0 Å². The van der Waals surface area contributed by atoms with Crippen molar-refractivity contribution < 1.29 is 4.39 Å². The highest BCUT2D eigenvalue weighted by Gasteiger charge is 2.10. The van der Waals surface area contributed by atoms with Crippen molar-refractivity contribution in [2.45, 2.75) is 6.54 Å². The Bertz CT molecular complexity index is 783. The van der Waals surface area contributed by atoms with E-state index in [1.807, 2.05) is 36.4 Å². The molecule has 20 heavy (non-hydrogen) atoms. The van der Waals surface area contributed by atoms with Gasteiger partial charge < -0.3 is 5.73 Å². The summed E-state index contributed by atoms with van der Waals surface area (Å²) < 4.78 is 13.9. The summed E-state index contributed by atoms with van der Waals surface area (Å²) in [6, 6.07) is 16.3. The van der Waals surface area contributed by atoms with Crippen LogP contribution in [0.15, 0.2) is 54.6 Å². The normalized spacial score (nSPS) is 10.9. The molecular weight excluding hydrogens is 273 g/mol. The van der Waals surface area contributed by atoms with Gasteiger partial charge in [0, 0.05) is 17.0 Å². The van der Waals surface area contributed by atoms with Gasteiger partial charge in [0.15, 0.2) is 0 Å². The second-order valence-electron chi connectivity index (χ2n) is 4.65. The fourth-order valence-corrected chi connectivity index (χ4v) is 2.69. The molecule has 0 spiro atoms. The zero-order valence-corrected chi connectivity index (χ0v) is 11.5. The van der Waals surface area contributed by atoms with Gasteiger partial charge in [-0.05, 0) is 40.3 Å². The maximum atomic E-state index is 13.9. The van der Waals surface area contributed by atoms with Crippen LogP contribution in [0.3, 0.4) is 0 Å². The number of hydrogen-bond donors (Lipinski definition) is 1. The minimum atomic E-state index is -0.215. The van der Waals surface area contributed by atoms with E-state index in [0.717, 1.165) is 22.1 Å². The van der Waals surface area contributed by atoms with E-state index in [2.05, 4.69) is 0 Å². The minimum absolute atomic E-state index is 0.215. The van der Waals surface area contributed by atoms with Gasteiger partial charge in [0.25, 0.3) is 0 Å². The maximum absolute atomic E-state index is 13.9. The van der Waals surface area contributed by atoms with E-state index in [-0.39, 0.29) is 5.82 Å². The van der Waals surface area contributed by atoms with Crippen molar-refractivity contribution in [2.24, 2.45) is 5.73 Å². The van der Waals surface area contributed by atoms with Crippen molar-refractivity contribution in [3.8, 4) is 11.1 Å².